The van der Waals surface area contributed by atoms with Crippen LogP contribution in [0, 0.1) is 24.6 Å². The Labute approximate surface area is 116 Å². The highest BCUT2D eigenvalue weighted by atomic mass is 19.1. The molecule has 0 heterocycles. The van der Waals surface area contributed by atoms with Crippen LogP contribution in [0.25, 0.3) is 0 Å². The Morgan fingerprint density at radius 3 is 2.53 bits per heavy atom. The number of rotatable bonds is 4. The zero-order valence-electron chi connectivity index (χ0n) is 12.4. The number of nitrogens with one attached hydrogen (secondary N) is 1. The van der Waals surface area contributed by atoms with Crippen LogP contribution in [0.15, 0.2) is 18.2 Å². The molecule has 0 radical (unpaired) electrons. The van der Waals surface area contributed by atoms with Crippen LogP contribution in [0.3, 0.4) is 0 Å². The van der Waals surface area contributed by atoms with Gasteiger partial charge in [0.05, 0.1) is 0 Å². The van der Waals surface area contributed by atoms with E-state index in [4.69, 9.17) is 0 Å². The van der Waals surface area contributed by atoms with Gasteiger partial charge in [-0.25, -0.2) is 4.39 Å². The van der Waals surface area contributed by atoms with Gasteiger partial charge >= 0.3 is 0 Å². The van der Waals surface area contributed by atoms with Gasteiger partial charge in [-0.2, -0.15) is 0 Å². The molecule has 0 spiro atoms. The maximum absolute atomic E-state index is 13.3. The Morgan fingerprint density at radius 2 is 1.95 bits per heavy atom. The fourth-order valence-electron chi connectivity index (χ4n) is 3.36. The minimum absolute atomic E-state index is 0.131. The molecule has 0 saturated heterocycles. The van der Waals surface area contributed by atoms with Crippen molar-refractivity contribution in [2.75, 3.05) is 6.54 Å². The first-order chi connectivity index (χ1) is 9.11. The van der Waals surface area contributed by atoms with Gasteiger partial charge in [0.15, 0.2) is 0 Å². The van der Waals surface area contributed by atoms with Gasteiger partial charge in [0.1, 0.15) is 5.82 Å². The molecule has 0 aromatic heterocycles. The van der Waals surface area contributed by atoms with Gasteiger partial charge < -0.3 is 5.32 Å². The highest BCUT2D eigenvalue weighted by molar-refractivity contribution is 5.30. The van der Waals surface area contributed by atoms with Gasteiger partial charge in [-0.05, 0) is 61.4 Å². The lowest BCUT2D eigenvalue weighted by Gasteiger charge is -2.34. The number of benzene rings is 1. The van der Waals surface area contributed by atoms with Gasteiger partial charge in [-0.3, -0.25) is 0 Å². The molecular formula is C17H26FN. The van der Waals surface area contributed by atoms with Crippen LogP contribution in [0.5, 0.6) is 0 Å². The van der Waals surface area contributed by atoms with E-state index >= 15 is 0 Å². The molecule has 2 heteroatoms. The normalized spacial score (nSPS) is 25.3. The topological polar surface area (TPSA) is 12.0 Å². The van der Waals surface area contributed by atoms with Gasteiger partial charge in [-0.1, -0.05) is 32.8 Å². The summed E-state index contributed by atoms with van der Waals surface area (Å²) < 4.78 is 13.3. The summed E-state index contributed by atoms with van der Waals surface area (Å²) in [6.45, 7) is 7.49. The Bertz CT molecular complexity index is 408. The minimum atomic E-state index is -0.131. The number of aryl methyl sites for hydroxylation is 1. The monoisotopic (exact) mass is 263 g/mol. The molecule has 1 N–H and O–H groups in total. The fraction of sp³-hybridized carbons (Fsp3) is 0.647. The van der Waals surface area contributed by atoms with Crippen molar-refractivity contribution in [1.29, 1.82) is 0 Å². The van der Waals surface area contributed by atoms with Crippen LogP contribution < -0.4 is 5.32 Å². The van der Waals surface area contributed by atoms with Crippen LogP contribution in [0.4, 0.5) is 4.39 Å². The van der Waals surface area contributed by atoms with Crippen molar-refractivity contribution in [3.05, 3.63) is 35.1 Å². The second-order valence-corrected chi connectivity index (χ2v) is 6.06. The zero-order valence-corrected chi connectivity index (χ0v) is 12.4. The predicted octanol–water partition coefficient (Wildman–Crippen LogP) is 4.61. The Hall–Kier alpha value is -0.890. The van der Waals surface area contributed by atoms with Crippen molar-refractivity contribution in [3.63, 3.8) is 0 Å². The molecule has 0 bridgehead atoms. The van der Waals surface area contributed by atoms with Crippen LogP contribution in [-0.2, 0) is 0 Å². The van der Waals surface area contributed by atoms with E-state index in [1.165, 1.54) is 31.2 Å². The van der Waals surface area contributed by atoms with Crippen LogP contribution in [0.2, 0.25) is 0 Å². The average Bonchev–Trinajstić information content (AvgIpc) is 2.38. The van der Waals surface area contributed by atoms with Crippen molar-refractivity contribution in [2.24, 2.45) is 11.8 Å². The van der Waals surface area contributed by atoms with Crippen molar-refractivity contribution in [2.45, 2.75) is 52.5 Å². The molecule has 1 unspecified atom stereocenters. The molecule has 1 aliphatic rings. The van der Waals surface area contributed by atoms with E-state index < -0.39 is 0 Å². The van der Waals surface area contributed by atoms with E-state index in [1.807, 2.05) is 13.0 Å². The Morgan fingerprint density at radius 1 is 1.26 bits per heavy atom. The van der Waals surface area contributed by atoms with Crippen molar-refractivity contribution in [1.82, 2.24) is 5.32 Å². The van der Waals surface area contributed by atoms with Gasteiger partial charge in [-0.15, -0.1) is 0 Å². The molecule has 19 heavy (non-hydrogen) atoms. The summed E-state index contributed by atoms with van der Waals surface area (Å²) in [5.41, 5.74) is 2.35. The molecule has 2 rings (SSSR count). The van der Waals surface area contributed by atoms with Crippen LogP contribution >= 0.6 is 0 Å². The lowest BCUT2D eigenvalue weighted by molar-refractivity contribution is 0.232. The molecule has 0 aliphatic heterocycles. The summed E-state index contributed by atoms with van der Waals surface area (Å²) in [5.74, 6) is 1.43. The van der Waals surface area contributed by atoms with Gasteiger partial charge in [0.2, 0.25) is 0 Å². The molecule has 1 aliphatic carbocycles. The van der Waals surface area contributed by atoms with E-state index in [2.05, 4.69) is 19.2 Å². The Balaban J connectivity index is 2.19. The molecule has 1 fully saturated rings. The SMILES string of the molecule is CCNC(c1ccc(F)cc1C)C1CCC(C)CC1. The highest BCUT2D eigenvalue weighted by Crippen LogP contribution is 2.37. The lowest BCUT2D eigenvalue weighted by Crippen LogP contribution is -2.31. The van der Waals surface area contributed by atoms with Crippen molar-refractivity contribution >= 4 is 0 Å². The maximum Gasteiger partial charge on any atom is 0.123 e. The molecule has 1 aromatic carbocycles. The third-order valence-corrected chi connectivity index (χ3v) is 4.52. The first-order valence-corrected chi connectivity index (χ1v) is 7.61. The largest absolute Gasteiger partial charge is 0.310 e. The molecular weight excluding hydrogens is 237 g/mol. The maximum atomic E-state index is 13.3. The summed E-state index contributed by atoms with van der Waals surface area (Å²) in [5, 5.41) is 3.62. The third kappa shape index (κ3) is 3.56. The fourth-order valence-corrected chi connectivity index (χ4v) is 3.36. The second kappa shape index (κ2) is 6.51. The van der Waals surface area contributed by atoms with Gasteiger partial charge in [0.25, 0.3) is 0 Å². The lowest BCUT2D eigenvalue weighted by atomic mass is 9.76. The first kappa shape index (κ1) is 14.5. The Kier molecular flexibility index (Phi) is 4.98. The molecule has 106 valence electrons. The van der Waals surface area contributed by atoms with E-state index in [9.17, 15) is 4.39 Å². The number of halogens is 1. The summed E-state index contributed by atoms with van der Waals surface area (Å²) in [7, 11) is 0. The quantitative estimate of drug-likeness (QED) is 0.836. The summed E-state index contributed by atoms with van der Waals surface area (Å²) in [4.78, 5) is 0. The van der Waals surface area contributed by atoms with Gasteiger partial charge in [0, 0.05) is 6.04 Å². The predicted molar refractivity (Wildman–Crippen MR) is 78.7 cm³/mol. The van der Waals surface area contributed by atoms with Crippen molar-refractivity contribution < 1.29 is 4.39 Å². The summed E-state index contributed by atoms with van der Waals surface area (Å²) in [6.07, 6.45) is 5.23. The average molecular weight is 263 g/mol. The van der Waals surface area contributed by atoms with Crippen molar-refractivity contribution in [3.8, 4) is 0 Å². The van der Waals surface area contributed by atoms with Crippen LogP contribution in [-0.4, -0.2) is 6.54 Å². The molecule has 1 aromatic rings. The standard InChI is InChI=1S/C17H26FN/c1-4-19-17(14-7-5-12(2)6-8-14)16-10-9-15(18)11-13(16)3/h9-12,14,17,19H,4-8H2,1-3H3. The number of hydrogen-bond donors (Lipinski definition) is 1. The first-order valence-electron chi connectivity index (χ1n) is 7.61. The number of hydrogen-bond acceptors (Lipinski definition) is 1. The van der Waals surface area contributed by atoms with E-state index in [1.54, 1.807) is 12.1 Å². The van der Waals surface area contributed by atoms with Crippen LogP contribution in [0.1, 0.15) is 56.7 Å². The summed E-state index contributed by atoms with van der Waals surface area (Å²) >= 11 is 0. The molecule has 1 atom stereocenters. The second-order valence-electron chi connectivity index (χ2n) is 6.06. The molecule has 1 nitrogen and oxygen atoms in total. The third-order valence-electron chi connectivity index (χ3n) is 4.52. The minimum Gasteiger partial charge on any atom is -0.310 e. The smallest absolute Gasteiger partial charge is 0.123 e. The van der Waals surface area contributed by atoms with E-state index in [0.717, 1.165) is 18.0 Å². The van der Waals surface area contributed by atoms with E-state index in [-0.39, 0.29) is 5.82 Å². The molecule has 0 amide bonds. The highest BCUT2D eigenvalue weighted by Gasteiger charge is 2.27. The molecule has 1 saturated carbocycles. The van der Waals surface area contributed by atoms with E-state index in [0.29, 0.717) is 12.0 Å². The summed E-state index contributed by atoms with van der Waals surface area (Å²) in [6, 6.07) is 5.61. The zero-order chi connectivity index (χ0) is 13.8.